The Labute approximate surface area is 118 Å². The van der Waals surface area contributed by atoms with Crippen LogP contribution in [0.25, 0.3) is 5.57 Å². The van der Waals surface area contributed by atoms with Crippen LogP contribution in [0, 0.1) is 0 Å². The van der Waals surface area contributed by atoms with Crippen molar-refractivity contribution in [1.29, 1.82) is 0 Å². The third-order valence-electron chi connectivity index (χ3n) is 4.60. The fourth-order valence-electron chi connectivity index (χ4n) is 3.83. The molecular formula is C16H19NO3. The van der Waals surface area contributed by atoms with Gasteiger partial charge < -0.3 is 14.9 Å². The number of aliphatic hydroxyl groups excluding tert-OH is 2. The van der Waals surface area contributed by atoms with E-state index in [1.807, 2.05) is 6.07 Å². The number of ether oxygens (including phenoxy) is 1. The van der Waals surface area contributed by atoms with Crippen molar-refractivity contribution in [1.82, 2.24) is 4.90 Å². The standard InChI is InChI=1S/C16H19NO3/c1-17-6-9-2-3-10(8-18)16-15(9)14-11(7-17)4-12(19)5-13(14)20-16/h2-3,12-13,18-19H,4-8H2,1H3. The minimum Gasteiger partial charge on any atom is -0.485 e. The van der Waals surface area contributed by atoms with E-state index in [2.05, 4.69) is 18.0 Å². The van der Waals surface area contributed by atoms with Gasteiger partial charge >= 0.3 is 0 Å². The summed E-state index contributed by atoms with van der Waals surface area (Å²) in [5.41, 5.74) is 5.88. The summed E-state index contributed by atoms with van der Waals surface area (Å²) in [5, 5.41) is 19.6. The molecule has 2 aliphatic heterocycles. The second kappa shape index (κ2) is 4.32. The van der Waals surface area contributed by atoms with E-state index in [-0.39, 0.29) is 18.8 Å². The van der Waals surface area contributed by atoms with Gasteiger partial charge in [-0.25, -0.2) is 0 Å². The normalized spacial score (nSPS) is 28.1. The lowest BCUT2D eigenvalue weighted by Crippen LogP contribution is -2.30. The zero-order chi connectivity index (χ0) is 13.9. The molecule has 0 amide bonds. The topological polar surface area (TPSA) is 52.9 Å². The molecule has 4 nitrogen and oxygen atoms in total. The van der Waals surface area contributed by atoms with Gasteiger partial charge in [0.25, 0.3) is 0 Å². The van der Waals surface area contributed by atoms with Gasteiger partial charge in [0, 0.05) is 36.2 Å². The lowest BCUT2D eigenvalue weighted by molar-refractivity contribution is 0.112. The molecule has 0 radical (unpaired) electrons. The van der Waals surface area contributed by atoms with Crippen LogP contribution in [0.15, 0.2) is 17.7 Å². The lowest BCUT2D eigenvalue weighted by Gasteiger charge is -2.27. The molecule has 2 N–H and O–H groups in total. The first-order valence-corrected chi connectivity index (χ1v) is 7.18. The quantitative estimate of drug-likeness (QED) is 0.809. The molecule has 0 aromatic heterocycles. The maximum Gasteiger partial charge on any atom is 0.133 e. The minimum atomic E-state index is -0.319. The summed E-state index contributed by atoms with van der Waals surface area (Å²) in [6.07, 6.45) is 1.03. The van der Waals surface area contributed by atoms with Gasteiger partial charge in [0.15, 0.2) is 0 Å². The first-order chi connectivity index (χ1) is 9.67. The SMILES string of the molecule is CN1CC2=C3c4c(ccc(CO)c4OC3CC(O)C2)C1. The molecular weight excluding hydrogens is 254 g/mol. The fraction of sp³-hybridized carbons (Fsp3) is 0.500. The summed E-state index contributed by atoms with van der Waals surface area (Å²) in [7, 11) is 2.11. The van der Waals surface area contributed by atoms with Gasteiger partial charge in [-0.15, -0.1) is 0 Å². The van der Waals surface area contributed by atoms with Crippen LogP contribution < -0.4 is 4.74 Å². The van der Waals surface area contributed by atoms with Gasteiger partial charge in [-0.05, 0) is 24.6 Å². The molecule has 2 atom stereocenters. The van der Waals surface area contributed by atoms with Crippen molar-refractivity contribution in [2.75, 3.05) is 13.6 Å². The Bertz CT molecular complexity index is 608. The molecule has 1 aliphatic carbocycles. The first-order valence-electron chi connectivity index (χ1n) is 7.18. The summed E-state index contributed by atoms with van der Waals surface area (Å²) in [6, 6.07) is 4.06. The largest absolute Gasteiger partial charge is 0.485 e. The molecule has 0 saturated carbocycles. The van der Waals surface area contributed by atoms with E-state index in [9.17, 15) is 10.2 Å². The maximum absolute atomic E-state index is 10.1. The Morgan fingerprint density at radius 1 is 1.35 bits per heavy atom. The van der Waals surface area contributed by atoms with E-state index in [0.29, 0.717) is 6.42 Å². The zero-order valence-electron chi connectivity index (χ0n) is 11.6. The predicted molar refractivity (Wildman–Crippen MR) is 75.3 cm³/mol. The van der Waals surface area contributed by atoms with Crippen molar-refractivity contribution in [3.63, 3.8) is 0 Å². The van der Waals surface area contributed by atoms with Crippen molar-refractivity contribution in [3.05, 3.63) is 34.4 Å². The number of nitrogens with zero attached hydrogens (tertiary/aromatic N) is 1. The third-order valence-corrected chi connectivity index (χ3v) is 4.60. The number of benzene rings is 1. The Hall–Kier alpha value is -1.36. The minimum absolute atomic E-state index is 0.00363. The molecule has 2 unspecified atom stereocenters. The van der Waals surface area contributed by atoms with Gasteiger partial charge in [0.1, 0.15) is 11.9 Å². The highest BCUT2D eigenvalue weighted by atomic mass is 16.5. The van der Waals surface area contributed by atoms with E-state index >= 15 is 0 Å². The molecule has 4 heteroatoms. The number of hydrogen-bond acceptors (Lipinski definition) is 4. The molecule has 3 aliphatic rings. The van der Waals surface area contributed by atoms with Gasteiger partial charge in [0.2, 0.25) is 0 Å². The van der Waals surface area contributed by atoms with Crippen LogP contribution in [0.5, 0.6) is 5.75 Å². The molecule has 20 heavy (non-hydrogen) atoms. The highest BCUT2D eigenvalue weighted by Crippen LogP contribution is 2.49. The third kappa shape index (κ3) is 1.65. The highest BCUT2D eigenvalue weighted by Gasteiger charge is 2.40. The molecule has 0 bridgehead atoms. The average molecular weight is 273 g/mol. The predicted octanol–water partition coefficient (Wildman–Crippen LogP) is 1.29. The second-order valence-corrected chi connectivity index (χ2v) is 6.14. The lowest BCUT2D eigenvalue weighted by atomic mass is 9.84. The summed E-state index contributed by atoms with van der Waals surface area (Å²) in [4.78, 5) is 2.28. The van der Waals surface area contributed by atoms with Crippen LogP contribution in [0.2, 0.25) is 0 Å². The van der Waals surface area contributed by atoms with Gasteiger partial charge in [-0.2, -0.15) is 0 Å². The van der Waals surface area contributed by atoms with Crippen molar-refractivity contribution < 1.29 is 14.9 Å². The van der Waals surface area contributed by atoms with Crippen LogP contribution in [0.4, 0.5) is 0 Å². The number of hydrogen-bond donors (Lipinski definition) is 2. The van der Waals surface area contributed by atoms with Crippen LogP contribution in [0.3, 0.4) is 0 Å². The van der Waals surface area contributed by atoms with E-state index in [1.54, 1.807) is 0 Å². The summed E-state index contributed by atoms with van der Waals surface area (Å²) >= 11 is 0. The number of rotatable bonds is 1. The van der Waals surface area contributed by atoms with Crippen molar-refractivity contribution in [2.45, 2.75) is 38.2 Å². The van der Waals surface area contributed by atoms with E-state index in [1.165, 1.54) is 22.3 Å². The Morgan fingerprint density at radius 2 is 2.20 bits per heavy atom. The van der Waals surface area contributed by atoms with Crippen LogP contribution in [-0.2, 0) is 13.2 Å². The highest BCUT2D eigenvalue weighted by molar-refractivity contribution is 5.84. The maximum atomic E-state index is 10.1. The Balaban J connectivity index is 1.97. The number of aliphatic hydroxyl groups is 2. The molecule has 1 aromatic carbocycles. The van der Waals surface area contributed by atoms with Crippen molar-refractivity contribution >= 4 is 5.57 Å². The Morgan fingerprint density at radius 3 is 3.00 bits per heavy atom. The number of likely N-dealkylation sites (N-methyl/N-ethyl adjacent to an activating group) is 1. The van der Waals surface area contributed by atoms with Gasteiger partial charge in [-0.1, -0.05) is 12.1 Å². The van der Waals surface area contributed by atoms with E-state index < -0.39 is 0 Å². The molecule has 0 saturated heterocycles. The van der Waals surface area contributed by atoms with Gasteiger partial charge in [0.05, 0.1) is 12.7 Å². The molecule has 1 aromatic rings. The Kier molecular flexibility index (Phi) is 2.67. The summed E-state index contributed by atoms with van der Waals surface area (Å²) in [5.74, 6) is 0.840. The molecule has 4 rings (SSSR count). The fourth-order valence-corrected chi connectivity index (χ4v) is 3.83. The average Bonchev–Trinajstić information content (AvgIpc) is 2.70. The summed E-state index contributed by atoms with van der Waals surface area (Å²) in [6.45, 7) is 1.76. The molecule has 2 heterocycles. The smallest absolute Gasteiger partial charge is 0.133 e. The monoisotopic (exact) mass is 273 g/mol. The summed E-state index contributed by atoms with van der Waals surface area (Å²) < 4.78 is 6.09. The molecule has 0 spiro atoms. The second-order valence-electron chi connectivity index (χ2n) is 6.14. The van der Waals surface area contributed by atoms with Crippen LogP contribution in [0.1, 0.15) is 29.5 Å². The van der Waals surface area contributed by atoms with Crippen molar-refractivity contribution in [2.24, 2.45) is 0 Å². The molecule has 106 valence electrons. The zero-order valence-corrected chi connectivity index (χ0v) is 11.6. The van der Waals surface area contributed by atoms with E-state index in [0.717, 1.165) is 30.8 Å². The van der Waals surface area contributed by atoms with E-state index in [4.69, 9.17) is 4.74 Å². The van der Waals surface area contributed by atoms with Crippen LogP contribution >= 0.6 is 0 Å². The van der Waals surface area contributed by atoms with Crippen LogP contribution in [-0.4, -0.2) is 40.9 Å². The van der Waals surface area contributed by atoms with Crippen molar-refractivity contribution in [3.8, 4) is 5.75 Å². The first kappa shape index (κ1) is 12.4. The molecule has 0 fully saturated rings. The van der Waals surface area contributed by atoms with Gasteiger partial charge in [-0.3, -0.25) is 4.90 Å².